The summed E-state index contributed by atoms with van der Waals surface area (Å²) in [5.41, 5.74) is 1.85. The van der Waals surface area contributed by atoms with Crippen LogP contribution in [0.5, 0.6) is 0 Å². The molecule has 0 aliphatic rings. The Balaban J connectivity index is 2.38. The maximum atomic E-state index is 11.8. The van der Waals surface area contributed by atoms with Crippen LogP contribution in [0.1, 0.15) is 22.5 Å². The fourth-order valence-corrected chi connectivity index (χ4v) is 1.69. The summed E-state index contributed by atoms with van der Waals surface area (Å²) in [7, 11) is 6.12. The normalized spacial score (nSPS) is 10.8. The van der Waals surface area contributed by atoms with Gasteiger partial charge in [-0.2, -0.15) is 0 Å². The van der Waals surface area contributed by atoms with Crippen molar-refractivity contribution in [3.8, 4) is 0 Å². The first-order valence-electron chi connectivity index (χ1n) is 5.71. The average Bonchev–Trinajstić information content (AvgIpc) is 2.52. The predicted octanol–water partition coefficient (Wildman–Crippen LogP) is -0.402. The highest BCUT2D eigenvalue weighted by Crippen LogP contribution is 2.05. The molecular weight excluding hydrogens is 202 g/mol. The zero-order valence-electron chi connectivity index (χ0n) is 10.6. The lowest BCUT2D eigenvalue weighted by molar-refractivity contribution is -0.858. The van der Waals surface area contributed by atoms with Gasteiger partial charge in [0, 0.05) is 26.2 Å². The summed E-state index contributed by atoms with van der Waals surface area (Å²) in [4.78, 5) is 13.2. The van der Waals surface area contributed by atoms with Gasteiger partial charge >= 0.3 is 0 Å². The number of nitrogens with one attached hydrogen (secondary N) is 2. The Kier molecular flexibility index (Phi) is 4.55. The molecule has 0 bridgehead atoms. The Bertz CT molecular complexity index is 355. The molecule has 1 heterocycles. The van der Waals surface area contributed by atoms with Crippen molar-refractivity contribution < 1.29 is 9.69 Å². The minimum absolute atomic E-state index is 0.0179. The molecule has 1 aromatic rings. The van der Waals surface area contributed by atoms with Crippen LogP contribution < -0.4 is 10.2 Å². The number of hydrogen-bond acceptors (Lipinski definition) is 1. The van der Waals surface area contributed by atoms with E-state index in [1.165, 1.54) is 4.90 Å². The van der Waals surface area contributed by atoms with Gasteiger partial charge in [-0.15, -0.1) is 0 Å². The predicted molar refractivity (Wildman–Crippen MR) is 64.8 cm³/mol. The van der Waals surface area contributed by atoms with E-state index >= 15 is 0 Å². The van der Waals surface area contributed by atoms with Gasteiger partial charge in [-0.3, -0.25) is 4.79 Å². The first-order chi connectivity index (χ1) is 7.50. The SMILES string of the molecule is Cc1cc(C(=O)NCCC[NH+](C)C)n(C)c1. The number of nitrogens with zero attached hydrogens (tertiary/aromatic N) is 1. The molecule has 0 radical (unpaired) electrons. The van der Waals surface area contributed by atoms with Crippen molar-refractivity contribution >= 4 is 5.91 Å². The van der Waals surface area contributed by atoms with Gasteiger partial charge in [-0.25, -0.2) is 0 Å². The molecule has 0 saturated heterocycles. The lowest BCUT2D eigenvalue weighted by Gasteiger charge is -2.08. The molecule has 1 rings (SSSR count). The van der Waals surface area contributed by atoms with Gasteiger partial charge in [0.15, 0.2) is 0 Å². The van der Waals surface area contributed by atoms with E-state index in [1.807, 2.05) is 30.8 Å². The molecular formula is C12H22N3O+. The minimum Gasteiger partial charge on any atom is -0.351 e. The first kappa shape index (κ1) is 12.8. The second-order valence-electron chi connectivity index (χ2n) is 4.58. The molecule has 0 saturated carbocycles. The number of aryl methyl sites for hydroxylation is 2. The highest BCUT2D eigenvalue weighted by atomic mass is 16.1. The number of quaternary nitrogens is 1. The molecule has 0 fully saturated rings. The quantitative estimate of drug-likeness (QED) is 0.656. The van der Waals surface area contributed by atoms with E-state index in [9.17, 15) is 4.79 Å². The van der Waals surface area contributed by atoms with Gasteiger partial charge < -0.3 is 14.8 Å². The molecule has 0 atom stereocenters. The van der Waals surface area contributed by atoms with Crippen molar-refractivity contribution in [2.24, 2.45) is 7.05 Å². The number of hydrogen-bond donors (Lipinski definition) is 2. The number of rotatable bonds is 5. The largest absolute Gasteiger partial charge is 0.351 e. The van der Waals surface area contributed by atoms with Crippen molar-refractivity contribution in [1.29, 1.82) is 0 Å². The van der Waals surface area contributed by atoms with Crippen LogP contribution in [0.15, 0.2) is 12.3 Å². The fourth-order valence-electron chi connectivity index (χ4n) is 1.69. The zero-order valence-corrected chi connectivity index (χ0v) is 10.6. The Morgan fingerprint density at radius 1 is 1.50 bits per heavy atom. The second kappa shape index (κ2) is 5.70. The molecule has 0 spiro atoms. The van der Waals surface area contributed by atoms with Crippen LogP contribution in [0.2, 0.25) is 0 Å². The van der Waals surface area contributed by atoms with Crippen LogP contribution in [-0.4, -0.2) is 37.7 Å². The average molecular weight is 224 g/mol. The van der Waals surface area contributed by atoms with Crippen LogP contribution in [0, 0.1) is 6.92 Å². The Morgan fingerprint density at radius 2 is 2.19 bits per heavy atom. The van der Waals surface area contributed by atoms with Crippen molar-refractivity contribution in [1.82, 2.24) is 9.88 Å². The van der Waals surface area contributed by atoms with E-state index in [0.29, 0.717) is 0 Å². The number of amides is 1. The molecule has 1 amide bonds. The van der Waals surface area contributed by atoms with Crippen LogP contribution in [0.25, 0.3) is 0 Å². The van der Waals surface area contributed by atoms with Gasteiger partial charge in [0.1, 0.15) is 5.69 Å². The second-order valence-corrected chi connectivity index (χ2v) is 4.58. The zero-order chi connectivity index (χ0) is 12.1. The summed E-state index contributed by atoms with van der Waals surface area (Å²) in [6.07, 6.45) is 2.97. The maximum Gasteiger partial charge on any atom is 0.267 e. The molecule has 0 aliphatic carbocycles. The van der Waals surface area contributed by atoms with Gasteiger partial charge in [-0.1, -0.05) is 0 Å². The summed E-state index contributed by atoms with van der Waals surface area (Å²) >= 11 is 0. The van der Waals surface area contributed by atoms with Gasteiger partial charge in [0.25, 0.3) is 5.91 Å². The minimum atomic E-state index is 0.0179. The summed E-state index contributed by atoms with van der Waals surface area (Å²) < 4.78 is 1.86. The van der Waals surface area contributed by atoms with Crippen LogP contribution >= 0.6 is 0 Å². The molecule has 0 aliphatic heterocycles. The molecule has 4 heteroatoms. The third kappa shape index (κ3) is 3.70. The Morgan fingerprint density at radius 3 is 2.69 bits per heavy atom. The molecule has 2 N–H and O–H groups in total. The van der Waals surface area contributed by atoms with Gasteiger partial charge in [0.05, 0.1) is 20.6 Å². The van der Waals surface area contributed by atoms with Crippen molar-refractivity contribution in [2.75, 3.05) is 27.2 Å². The first-order valence-corrected chi connectivity index (χ1v) is 5.71. The highest BCUT2D eigenvalue weighted by Gasteiger charge is 2.09. The van der Waals surface area contributed by atoms with E-state index in [4.69, 9.17) is 0 Å². The Labute approximate surface area is 97.2 Å². The molecule has 0 unspecified atom stereocenters. The molecule has 0 aromatic carbocycles. The van der Waals surface area contributed by atoms with E-state index < -0.39 is 0 Å². The fraction of sp³-hybridized carbons (Fsp3) is 0.583. The summed E-state index contributed by atoms with van der Waals surface area (Å²) in [5, 5.41) is 2.94. The van der Waals surface area contributed by atoms with Crippen LogP contribution in [-0.2, 0) is 7.05 Å². The van der Waals surface area contributed by atoms with E-state index in [2.05, 4.69) is 19.4 Å². The van der Waals surface area contributed by atoms with Crippen LogP contribution in [0.3, 0.4) is 0 Å². The third-order valence-electron chi connectivity index (χ3n) is 2.51. The van der Waals surface area contributed by atoms with E-state index in [0.717, 1.165) is 30.8 Å². The number of carbonyl (C=O) groups excluding carboxylic acids is 1. The van der Waals surface area contributed by atoms with Gasteiger partial charge in [-0.05, 0) is 18.6 Å². The lowest BCUT2D eigenvalue weighted by atomic mass is 10.3. The van der Waals surface area contributed by atoms with Crippen LogP contribution in [0.4, 0.5) is 0 Å². The smallest absolute Gasteiger partial charge is 0.267 e. The van der Waals surface area contributed by atoms with Gasteiger partial charge in [0.2, 0.25) is 0 Å². The molecule has 90 valence electrons. The summed E-state index contributed by atoms with van der Waals surface area (Å²) in [6, 6.07) is 1.91. The summed E-state index contributed by atoms with van der Waals surface area (Å²) in [5.74, 6) is 0.0179. The summed E-state index contributed by atoms with van der Waals surface area (Å²) in [6.45, 7) is 3.81. The third-order valence-corrected chi connectivity index (χ3v) is 2.51. The molecule has 4 nitrogen and oxygen atoms in total. The highest BCUT2D eigenvalue weighted by molar-refractivity contribution is 5.92. The number of carbonyl (C=O) groups is 1. The Hall–Kier alpha value is -1.29. The van der Waals surface area contributed by atoms with Crippen molar-refractivity contribution in [3.63, 3.8) is 0 Å². The topological polar surface area (TPSA) is 38.5 Å². The molecule has 1 aromatic heterocycles. The standard InChI is InChI=1S/C12H21N3O/c1-10-8-11(15(4)9-10)12(16)13-6-5-7-14(2)3/h8-9H,5-7H2,1-4H3,(H,13,16)/p+1. The number of aromatic nitrogens is 1. The van der Waals surface area contributed by atoms with Crippen molar-refractivity contribution in [3.05, 3.63) is 23.5 Å². The monoisotopic (exact) mass is 224 g/mol. The lowest BCUT2D eigenvalue weighted by Crippen LogP contribution is -3.05. The van der Waals surface area contributed by atoms with E-state index in [-0.39, 0.29) is 5.91 Å². The van der Waals surface area contributed by atoms with E-state index in [1.54, 1.807) is 0 Å². The van der Waals surface area contributed by atoms with Crippen molar-refractivity contribution in [2.45, 2.75) is 13.3 Å². The maximum absolute atomic E-state index is 11.8. The molecule has 16 heavy (non-hydrogen) atoms.